The Morgan fingerprint density at radius 3 is 2.36 bits per heavy atom. The highest BCUT2D eigenvalue weighted by atomic mass is 35.5. The smallest absolute Gasteiger partial charge is 0.318 e. The van der Waals surface area contributed by atoms with Crippen molar-refractivity contribution in [3.8, 4) is 0 Å². The van der Waals surface area contributed by atoms with Gasteiger partial charge in [0.25, 0.3) is 0 Å². The molecule has 0 aliphatic rings. The summed E-state index contributed by atoms with van der Waals surface area (Å²) in [6.07, 6.45) is 0. The molecule has 0 saturated heterocycles. The fraction of sp³-hybridized carbons (Fsp3) is 0.778. The number of aromatic nitrogens is 2. The summed E-state index contributed by atoms with van der Waals surface area (Å²) >= 11 is 5.83. The molecule has 1 unspecified atom stereocenters. The van der Waals surface area contributed by atoms with Crippen molar-refractivity contribution in [3.63, 3.8) is 0 Å². The molecule has 1 aromatic heterocycles. The molecule has 0 amide bonds. The van der Waals surface area contributed by atoms with Crippen LogP contribution in [-0.2, 0) is 0 Å². The van der Waals surface area contributed by atoms with E-state index in [1.165, 1.54) is 0 Å². The summed E-state index contributed by atoms with van der Waals surface area (Å²) in [7, 11) is 0. The van der Waals surface area contributed by atoms with Gasteiger partial charge in [0, 0.05) is 12.6 Å². The van der Waals surface area contributed by atoms with Crippen LogP contribution >= 0.6 is 11.6 Å². The van der Waals surface area contributed by atoms with Gasteiger partial charge in [0.1, 0.15) is 5.38 Å². The lowest BCUT2D eigenvalue weighted by molar-refractivity contribution is 0.474. The Kier molecular flexibility index (Phi) is 3.75. The van der Waals surface area contributed by atoms with Crippen molar-refractivity contribution in [2.24, 2.45) is 0 Å². The van der Waals surface area contributed by atoms with E-state index in [2.05, 4.69) is 24.0 Å². The molecule has 1 aromatic rings. The van der Waals surface area contributed by atoms with Crippen LogP contribution < -0.4 is 4.90 Å². The minimum absolute atomic E-state index is 0.234. The Balaban J connectivity index is 2.84. The Morgan fingerprint density at radius 1 is 1.36 bits per heavy atom. The van der Waals surface area contributed by atoms with Crippen molar-refractivity contribution in [1.82, 2.24) is 10.2 Å². The number of hydrogen-bond donors (Lipinski definition) is 0. The van der Waals surface area contributed by atoms with Crippen LogP contribution in [0.25, 0.3) is 0 Å². The predicted octanol–water partition coefficient (Wildman–Crippen LogP) is 2.60. The van der Waals surface area contributed by atoms with E-state index in [9.17, 15) is 0 Å². The summed E-state index contributed by atoms with van der Waals surface area (Å²) < 4.78 is 5.43. The predicted molar refractivity (Wildman–Crippen MR) is 56.7 cm³/mol. The Labute approximate surface area is 89.3 Å². The standard InChI is InChI=1S/C9H16ClN3O/c1-5-13(6(2)3)9-12-11-8(14-9)7(4)10/h6-7H,5H2,1-4H3. The van der Waals surface area contributed by atoms with Crippen molar-refractivity contribution in [2.75, 3.05) is 11.4 Å². The maximum Gasteiger partial charge on any atom is 0.318 e. The number of halogens is 1. The molecular weight excluding hydrogens is 202 g/mol. The van der Waals surface area contributed by atoms with Gasteiger partial charge in [0.2, 0.25) is 5.89 Å². The van der Waals surface area contributed by atoms with Gasteiger partial charge in [0.15, 0.2) is 0 Å². The summed E-state index contributed by atoms with van der Waals surface area (Å²) in [5, 5.41) is 7.60. The van der Waals surface area contributed by atoms with Crippen molar-refractivity contribution in [1.29, 1.82) is 0 Å². The lowest BCUT2D eigenvalue weighted by Gasteiger charge is -2.21. The summed E-state index contributed by atoms with van der Waals surface area (Å²) in [6, 6.07) is 0.893. The van der Waals surface area contributed by atoms with Crippen LogP contribution in [0.1, 0.15) is 39.0 Å². The highest BCUT2D eigenvalue weighted by Gasteiger charge is 2.17. The molecule has 4 nitrogen and oxygen atoms in total. The average Bonchev–Trinajstić information content (AvgIpc) is 2.53. The zero-order valence-corrected chi connectivity index (χ0v) is 9.75. The molecule has 5 heteroatoms. The lowest BCUT2D eigenvalue weighted by Crippen LogP contribution is -2.30. The number of alkyl halides is 1. The van der Waals surface area contributed by atoms with Gasteiger partial charge in [-0.25, -0.2) is 0 Å². The van der Waals surface area contributed by atoms with Gasteiger partial charge in [-0.3, -0.25) is 0 Å². The molecule has 0 aliphatic heterocycles. The van der Waals surface area contributed by atoms with E-state index in [-0.39, 0.29) is 5.38 Å². The number of hydrogen-bond acceptors (Lipinski definition) is 4. The fourth-order valence-electron chi connectivity index (χ4n) is 1.22. The van der Waals surface area contributed by atoms with Crippen LogP contribution in [0.15, 0.2) is 4.42 Å². The summed E-state index contributed by atoms with van der Waals surface area (Å²) in [5.41, 5.74) is 0. The van der Waals surface area contributed by atoms with E-state index in [1.54, 1.807) is 0 Å². The Hall–Kier alpha value is -0.770. The molecule has 1 rings (SSSR count). The lowest BCUT2D eigenvalue weighted by atomic mass is 10.3. The molecule has 0 saturated carbocycles. The minimum Gasteiger partial charge on any atom is -0.406 e. The quantitative estimate of drug-likeness (QED) is 0.728. The molecule has 0 N–H and O–H groups in total. The maximum atomic E-state index is 5.83. The van der Waals surface area contributed by atoms with Crippen LogP contribution in [0.2, 0.25) is 0 Å². The normalized spacial score (nSPS) is 13.3. The Bertz CT molecular complexity index is 285. The fourth-order valence-corrected chi connectivity index (χ4v) is 1.31. The van der Waals surface area contributed by atoms with E-state index < -0.39 is 0 Å². The summed E-state index contributed by atoms with van der Waals surface area (Å²) in [6.45, 7) is 8.86. The topological polar surface area (TPSA) is 42.2 Å². The monoisotopic (exact) mass is 217 g/mol. The first-order chi connectivity index (χ1) is 6.56. The highest BCUT2D eigenvalue weighted by molar-refractivity contribution is 6.20. The Morgan fingerprint density at radius 2 is 2.00 bits per heavy atom. The first-order valence-electron chi connectivity index (χ1n) is 4.80. The number of nitrogens with zero attached hydrogens (tertiary/aromatic N) is 3. The van der Waals surface area contributed by atoms with Gasteiger partial charge >= 0.3 is 6.01 Å². The van der Waals surface area contributed by atoms with Crippen LogP contribution in [0, 0.1) is 0 Å². The summed E-state index contributed by atoms with van der Waals surface area (Å²) in [5.74, 6) is 0.473. The SMILES string of the molecule is CCN(c1nnc(C(C)Cl)o1)C(C)C. The molecule has 14 heavy (non-hydrogen) atoms. The van der Waals surface area contributed by atoms with Crippen LogP contribution in [0.3, 0.4) is 0 Å². The molecule has 0 aromatic carbocycles. The van der Waals surface area contributed by atoms with Crippen LogP contribution in [0.4, 0.5) is 6.01 Å². The largest absolute Gasteiger partial charge is 0.406 e. The first kappa shape index (κ1) is 11.3. The third-order valence-corrected chi connectivity index (χ3v) is 2.17. The van der Waals surface area contributed by atoms with E-state index >= 15 is 0 Å². The van der Waals surface area contributed by atoms with E-state index in [0.717, 1.165) is 6.54 Å². The van der Waals surface area contributed by atoms with Gasteiger partial charge in [-0.1, -0.05) is 5.10 Å². The number of rotatable bonds is 4. The van der Waals surface area contributed by atoms with Crippen molar-refractivity contribution >= 4 is 17.6 Å². The van der Waals surface area contributed by atoms with Gasteiger partial charge in [-0.05, 0) is 27.7 Å². The van der Waals surface area contributed by atoms with E-state index in [0.29, 0.717) is 17.9 Å². The molecule has 1 heterocycles. The average molecular weight is 218 g/mol. The van der Waals surface area contributed by atoms with Gasteiger partial charge in [-0.15, -0.1) is 16.7 Å². The van der Waals surface area contributed by atoms with Gasteiger partial charge < -0.3 is 9.32 Å². The second-order valence-corrected chi connectivity index (χ2v) is 4.07. The van der Waals surface area contributed by atoms with E-state index in [1.807, 2.05) is 18.7 Å². The van der Waals surface area contributed by atoms with Gasteiger partial charge in [-0.2, -0.15) is 0 Å². The second-order valence-electron chi connectivity index (χ2n) is 3.42. The molecule has 0 fully saturated rings. The van der Waals surface area contributed by atoms with Gasteiger partial charge in [0.05, 0.1) is 0 Å². The third kappa shape index (κ3) is 2.38. The molecule has 1 atom stereocenters. The zero-order valence-electron chi connectivity index (χ0n) is 8.99. The molecule has 0 radical (unpaired) electrons. The number of anilines is 1. The molecule has 80 valence electrons. The summed E-state index contributed by atoms with van der Waals surface area (Å²) in [4.78, 5) is 2.02. The zero-order chi connectivity index (χ0) is 10.7. The first-order valence-corrected chi connectivity index (χ1v) is 5.24. The van der Waals surface area contributed by atoms with Crippen molar-refractivity contribution in [2.45, 2.75) is 39.1 Å². The molecule has 0 spiro atoms. The van der Waals surface area contributed by atoms with Crippen molar-refractivity contribution in [3.05, 3.63) is 5.89 Å². The van der Waals surface area contributed by atoms with E-state index in [4.69, 9.17) is 16.0 Å². The maximum absolute atomic E-state index is 5.83. The van der Waals surface area contributed by atoms with Crippen LogP contribution in [0.5, 0.6) is 0 Å². The highest BCUT2D eigenvalue weighted by Crippen LogP contribution is 2.22. The molecule has 0 aliphatic carbocycles. The second kappa shape index (κ2) is 4.64. The molecule has 0 bridgehead atoms. The minimum atomic E-state index is -0.234. The van der Waals surface area contributed by atoms with Crippen LogP contribution in [-0.4, -0.2) is 22.8 Å². The molecular formula is C9H16ClN3O. The van der Waals surface area contributed by atoms with Crippen molar-refractivity contribution < 1.29 is 4.42 Å². The third-order valence-electron chi connectivity index (χ3n) is 1.98.